The molecule has 28 heavy (non-hydrogen) atoms. The highest BCUT2D eigenvalue weighted by Gasteiger charge is 2.39. The third-order valence-corrected chi connectivity index (χ3v) is 5.51. The van der Waals surface area contributed by atoms with E-state index in [9.17, 15) is 4.79 Å². The monoisotopic (exact) mass is 377 g/mol. The maximum Gasteiger partial charge on any atom is 0.251 e. The van der Waals surface area contributed by atoms with Gasteiger partial charge in [0.25, 0.3) is 5.91 Å². The maximum absolute atomic E-state index is 13.1. The van der Waals surface area contributed by atoms with Crippen LogP contribution in [-0.2, 0) is 11.3 Å². The Morgan fingerprint density at radius 3 is 2.64 bits per heavy atom. The molecule has 0 bridgehead atoms. The van der Waals surface area contributed by atoms with Crippen LogP contribution in [0.15, 0.2) is 54.9 Å². The number of carbonyl (C=O) groups is 1. The standard InChI is InChI=1S/C23H27N3O2/c1-4-28-20-9-7-18(8-10-20)21-14-22-23(27)25(11-12-26(22)24-21)15-19-13-16(2)5-6-17(19)3/h5-13,21-22,24H,4,14-15H2,1-3H3. The number of hydrazine groups is 1. The van der Waals surface area contributed by atoms with Gasteiger partial charge in [0.1, 0.15) is 11.8 Å². The van der Waals surface area contributed by atoms with E-state index in [-0.39, 0.29) is 18.0 Å². The van der Waals surface area contributed by atoms with Crippen LogP contribution in [0.3, 0.4) is 0 Å². The Bertz CT molecular complexity index is 891. The Hall–Kier alpha value is -2.79. The van der Waals surface area contributed by atoms with Gasteiger partial charge in [-0.05, 0) is 56.0 Å². The molecule has 1 fully saturated rings. The number of hydrogen-bond acceptors (Lipinski definition) is 4. The van der Waals surface area contributed by atoms with Gasteiger partial charge in [0.15, 0.2) is 0 Å². The second-order valence-electron chi connectivity index (χ2n) is 7.54. The van der Waals surface area contributed by atoms with Crippen LogP contribution in [0.4, 0.5) is 0 Å². The normalized spacial score (nSPS) is 21.2. The van der Waals surface area contributed by atoms with E-state index in [2.05, 4.69) is 49.6 Å². The first-order chi connectivity index (χ1) is 13.5. The van der Waals surface area contributed by atoms with Crippen LogP contribution in [0.5, 0.6) is 5.75 Å². The highest BCUT2D eigenvalue weighted by atomic mass is 16.5. The first-order valence-electron chi connectivity index (χ1n) is 9.87. The molecule has 0 radical (unpaired) electrons. The van der Waals surface area contributed by atoms with Gasteiger partial charge in [-0.3, -0.25) is 4.79 Å². The van der Waals surface area contributed by atoms with Crippen molar-refractivity contribution in [3.63, 3.8) is 0 Å². The average molecular weight is 377 g/mol. The molecular formula is C23H27N3O2. The zero-order chi connectivity index (χ0) is 19.7. The fourth-order valence-corrected chi connectivity index (χ4v) is 3.90. The lowest BCUT2D eigenvalue weighted by molar-refractivity contribution is -0.134. The molecule has 1 saturated heterocycles. The summed E-state index contributed by atoms with van der Waals surface area (Å²) >= 11 is 0. The lowest BCUT2D eigenvalue weighted by atomic mass is 10.00. The van der Waals surface area contributed by atoms with Gasteiger partial charge in [-0.1, -0.05) is 35.9 Å². The zero-order valence-electron chi connectivity index (χ0n) is 16.7. The molecule has 0 aromatic heterocycles. The quantitative estimate of drug-likeness (QED) is 0.860. The number of hydrogen-bond donors (Lipinski definition) is 1. The van der Waals surface area contributed by atoms with Crippen molar-refractivity contribution >= 4 is 5.91 Å². The Labute approximate surface area is 166 Å². The van der Waals surface area contributed by atoms with Gasteiger partial charge in [-0.2, -0.15) is 0 Å². The van der Waals surface area contributed by atoms with Gasteiger partial charge in [0.2, 0.25) is 0 Å². The molecule has 1 N–H and O–H groups in total. The molecule has 146 valence electrons. The highest BCUT2D eigenvalue weighted by molar-refractivity contribution is 5.84. The zero-order valence-corrected chi connectivity index (χ0v) is 16.7. The first-order valence-corrected chi connectivity index (χ1v) is 9.87. The summed E-state index contributed by atoms with van der Waals surface area (Å²) in [6.07, 6.45) is 4.61. The predicted molar refractivity (Wildman–Crippen MR) is 109 cm³/mol. The number of aryl methyl sites for hydroxylation is 2. The van der Waals surface area contributed by atoms with Crippen molar-refractivity contribution in [2.24, 2.45) is 0 Å². The molecule has 0 saturated carbocycles. The van der Waals surface area contributed by atoms with Gasteiger partial charge >= 0.3 is 0 Å². The van der Waals surface area contributed by atoms with Crippen molar-refractivity contribution in [2.75, 3.05) is 6.61 Å². The molecule has 5 heteroatoms. The Kier molecular flexibility index (Phi) is 5.09. The third-order valence-electron chi connectivity index (χ3n) is 5.51. The summed E-state index contributed by atoms with van der Waals surface area (Å²) in [5, 5.41) is 1.95. The van der Waals surface area contributed by atoms with Crippen LogP contribution >= 0.6 is 0 Å². The lowest BCUT2D eigenvalue weighted by Gasteiger charge is -2.32. The highest BCUT2D eigenvalue weighted by Crippen LogP contribution is 2.32. The van der Waals surface area contributed by atoms with Crippen LogP contribution in [0.2, 0.25) is 0 Å². The number of nitrogens with zero attached hydrogens (tertiary/aromatic N) is 2. The van der Waals surface area contributed by atoms with E-state index >= 15 is 0 Å². The largest absolute Gasteiger partial charge is 0.494 e. The van der Waals surface area contributed by atoms with E-state index in [0.717, 1.165) is 12.2 Å². The minimum atomic E-state index is -0.174. The van der Waals surface area contributed by atoms with Crippen LogP contribution in [0, 0.1) is 13.8 Å². The van der Waals surface area contributed by atoms with Crippen molar-refractivity contribution in [3.8, 4) is 5.75 Å². The smallest absolute Gasteiger partial charge is 0.251 e. The second-order valence-corrected chi connectivity index (χ2v) is 7.54. The fraction of sp³-hybridized carbons (Fsp3) is 0.348. The summed E-state index contributed by atoms with van der Waals surface area (Å²) in [6.45, 7) is 7.43. The molecule has 2 atom stereocenters. The van der Waals surface area contributed by atoms with Crippen molar-refractivity contribution in [2.45, 2.75) is 45.8 Å². The van der Waals surface area contributed by atoms with Gasteiger partial charge in [0, 0.05) is 12.4 Å². The van der Waals surface area contributed by atoms with E-state index in [4.69, 9.17) is 4.74 Å². The maximum atomic E-state index is 13.1. The van der Waals surface area contributed by atoms with Crippen molar-refractivity contribution in [1.29, 1.82) is 0 Å². The summed E-state index contributed by atoms with van der Waals surface area (Å²) in [6, 6.07) is 14.5. The van der Waals surface area contributed by atoms with Gasteiger partial charge < -0.3 is 14.6 Å². The summed E-state index contributed by atoms with van der Waals surface area (Å²) in [5.41, 5.74) is 8.25. The fourth-order valence-electron chi connectivity index (χ4n) is 3.90. The number of carbonyl (C=O) groups excluding carboxylic acids is 1. The molecule has 4 rings (SSSR count). The molecule has 2 unspecified atom stereocenters. The van der Waals surface area contributed by atoms with Crippen LogP contribution in [0.1, 0.15) is 41.6 Å². The topological polar surface area (TPSA) is 44.8 Å². The molecule has 2 aliphatic heterocycles. The molecule has 2 aromatic carbocycles. The van der Waals surface area contributed by atoms with Crippen LogP contribution in [-0.4, -0.2) is 28.5 Å². The Morgan fingerprint density at radius 2 is 1.89 bits per heavy atom. The minimum absolute atomic E-state index is 0.120. The third kappa shape index (κ3) is 3.62. The lowest BCUT2D eigenvalue weighted by Crippen LogP contribution is -2.47. The number of fused-ring (bicyclic) bond motifs is 1. The van der Waals surface area contributed by atoms with Gasteiger partial charge in [-0.25, -0.2) is 5.43 Å². The minimum Gasteiger partial charge on any atom is -0.494 e. The molecule has 2 aromatic rings. The number of nitrogens with one attached hydrogen (secondary N) is 1. The first kappa shape index (κ1) is 18.6. The summed E-state index contributed by atoms with van der Waals surface area (Å²) in [5.74, 6) is 1.02. The number of rotatable bonds is 5. The van der Waals surface area contributed by atoms with E-state index in [1.165, 1.54) is 22.3 Å². The van der Waals surface area contributed by atoms with Crippen LogP contribution in [0.25, 0.3) is 0 Å². The predicted octanol–water partition coefficient (Wildman–Crippen LogP) is 3.84. The van der Waals surface area contributed by atoms with Crippen molar-refractivity contribution in [1.82, 2.24) is 15.3 Å². The van der Waals surface area contributed by atoms with Crippen molar-refractivity contribution < 1.29 is 9.53 Å². The average Bonchev–Trinajstić information content (AvgIpc) is 3.13. The Balaban J connectivity index is 1.46. The molecule has 0 spiro atoms. The van der Waals surface area contributed by atoms with E-state index in [0.29, 0.717) is 13.2 Å². The number of benzene rings is 2. The van der Waals surface area contributed by atoms with E-state index in [1.807, 2.05) is 41.4 Å². The summed E-state index contributed by atoms with van der Waals surface area (Å²) in [7, 11) is 0. The molecule has 2 aliphatic rings. The Morgan fingerprint density at radius 1 is 1.11 bits per heavy atom. The van der Waals surface area contributed by atoms with E-state index < -0.39 is 0 Å². The summed E-state index contributed by atoms with van der Waals surface area (Å²) in [4.78, 5) is 14.9. The van der Waals surface area contributed by atoms with Gasteiger partial charge in [0.05, 0.1) is 19.2 Å². The molecule has 1 amide bonds. The van der Waals surface area contributed by atoms with Crippen molar-refractivity contribution in [3.05, 3.63) is 77.1 Å². The summed E-state index contributed by atoms with van der Waals surface area (Å²) < 4.78 is 5.52. The number of ether oxygens (including phenoxy) is 1. The van der Waals surface area contributed by atoms with Crippen LogP contribution < -0.4 is 10.2 Å². The van der Waals surface area contributed by atoms with E-state index in [1.54, 1.807) is 0 Å². The SMILES string of the molecule is CCOc1ccc(C2CC3C(=O)N(Cc4cc(C)ccc4C)C=CN3N2)cc1. The molecule has 0 aliphatic carbocycles. The number of amides is 1. The molecule has 5 nitrogen and oxygen atoms in total. The molecular weight excluding hydrogens is 350 g/mol. The second kappa shape index (κ2) is 7.68. The van der Waals surface area contributed by atoms with Gasteiger partial charge in [-0.15, -0.1) is 0 Å². The molecule has 2 heterocycles.